The van der Waals surface area contributed by atoms with Crippen molar-refractivity contribution in [2.45, 2.75) is 19.8 Å². The molecule has 1 aromatic rings. The number of piperidine rings is 1. The van der Waals surface area contributed by atoms with Gasteiger partial charge in [-0.15, -0.1) is 0 Å². The first-order chi connectivity index (χ1) is 9.15. The van der Waals surface area contributed by atoms with Gasteiger partial charge in [0.15, 0.2) is 0 Å². The molecule has 19 heavy (non-hydrogen) atoms. The van der Waals surface area contributed by atoms with Crippen molar-refractivity contribution in [3.63, 3.8) is 0 Å². The van der Waals surface area contributed by atoms with Crippen molar-refractivity contribution in [3.8, 4) is 5.75 Å². The van der Waals surface area contributed by atoms with Gasteiger partial charge in [-0.3, -0.25) is 4.79 Å². The normalized spacial score (nSPS) is 15.3. The van der Waals surface area contributed by atoms with E-state index in [1.807, 2.05) is 19.1 Å². The van der Waals surface area contributed by atoms with E-state index in [4.69, 9.17) is 9.94 Å². The van der Waals surface area contributed by atoms with Crippen LogP contribution in [0.5, 0.6) is 5.75 Å². The fourth-order valence-electron chi connectivity index (χ4n) is 2.20. The SMILES string of the molecule is COc1cc(C(=O)N2CCC(=NO)CC2)ccc1C. The predicted octanol–water partition coefficient (Wildman–Crippen LogP) is 2.07. The van der Waals surface area contributed by atoms with E-state index < -0.39 is 0 Å². The Morgan fingerprint density at radius 3 is 2.63 bits per heavy atom. The molecule has 102 valence electrons. The molecular weight excluding hydrogens is 244 g/mol. The van der Waals surface area contributed by atoms with Gasteiger partial charge in [0, 0.05) is 31.5 Å². The van der Waals surface area contributed by atoms with E-state index in [0.29, 0.717) is 31.5 Å². The van der Waals surface area contributed by atoms with Crippen LogP contribution in [-0.4, -0.2) is 41.9 Å². The van der Waals surface area contributed by atoms with Crippen molar-refractivity contribution in [1.29, 1.82) is 0 Å². The van der Waals surface area contributed by atoms with Gasteiger partial charge in [0.25, 0.3) is 5.91 Å². The van der Waals surface area contributed by atoms with Gasteiger partial charge in [0.05, 0.1) is 12.8 Å². The van der Waals surface area contributed by atoms with Gasteiger partial charge < -0.3 is 14.8 Å². The number of benzene rings is 1. The van der Waals surface area contributed by atoms with Crippen LogP contribution in [0.1, 0.15) is 28.8 Å². The van der Waals surface area contributed by atoms with Crippen molar-refractivity contribution in [3.05, 3.63) is 29.3 Å². The molecular formula is C14H18N2O3. The summed E-state index contributed by atoms with van der Waals surface area (Å²) in [5, 5.41) is 11.9. The average Bonchev–Trinajstić information content (AvgIpc) is 2.47. The number of hydrogen-bond acceptors (Lipinski definition) is 4. The zero-order valence-electron chi connectivity index (χ0n) is 11.2. The van der Waals surface area contributed by atoms with Crippen molar-refractivity contribution in [1.82, 2.24) is 4.90 Å². The Hall–Kier alpha value is -2.04. The third-order valence-corrected chi connectivity index (χ3v) is 3.42. The van der Waals surface area contributed by atoms with E-state index in [1.54, 1.807) is 18.1 Å². The van der Waals surface area contributed by atoms with Crippen LogP contribution >= 0.6 is 0 Å². The van der Waals surface area contributed by atoms with E-state index in [0.717, 1.165) is 17.0 Å². The summed E-state index contributed by atoms with van der Waals surface area (Å²) in [6.45, 7) is 3.13. The summed E-state index contributed by atoms with van der Waals surface area (Å²) in [7, 11) is 1.60. The van der Waals surface area contributed by atoms with Crippen LogP contribution in [0.2, 0.25) is 0 Å². The van der Waals surface area contributed by atoms with Crippen LogP contribution in [0.4, 0.5) is 0 Å². The topological polar surface area (TPSA) is 62.1 Å². The maximum atomic E-state index is 12.3. The molecule has 0 aliphatic carbocycles. The lowest BCUT2D eigenvalue weighted by atomic mass is 10.1. The number of rotatable bonds is 2. The van der Waals surface area contributed by atoms with Crippen LogP contribution in [0.25, 0.3) is 0 Å². The molecule has 5 nitrogen and oxygen atoms in total. The second-order valence-corrected chi connectivity index (χ2v) is 4.64. The molecule has 1 saturated heterocycles. The standard InChI is InChI=1S/C14H18N2O3/c1-10-3-4-11(9-13(10)19-2)14(17)16-7-5-12(15-18)6-8-16/h3-4,9,18H,5-8H2,1-2H3. The summed E-state index contributed by atoms with van der Waals surface area (Å²) >= 11 is 0. The van der Waals surface area contributed by atoms with Crippen LogP contribution in [-0.2, 0) is 0 Å². The molecule has 1 aliphatic rings. The van der Waals surface area contributed by atoms with E-state index in [1.165, 1.54) is 0 Å². The molecule has 0 bridgehead atoms. The molecule has 2 rings (SSSR count). The Bertz CT molecular complexity index is 501. The van der Waals surface area contributed by atoms with E-state index >= 15 is 0 Å². The molecule has 1 amide bonds. The largest absolute Gasteiger partial charge is 0.496 e. The fourth-order valence-corrected chi connectivity index (χ4v) is 2.20. The van der Waals surface area contributed by atoms with Crippen molar-refractivity contribution < 1.29 is 14.7 Å². The Labute approximate surface area is 112 Å². The average molecular weight is 262 g/mol. The number of methoxy groups -OCH3 is 1. The number of hydrogen-bond donors (Lipinski definition) is 1. The smallest absolute Gasteiger partial charge is 0.254 e. The van der Waals surface area contributed by atoms with E-state index in [9.17, 15) is 4.79 Å². The lowest BCUT2D eigenvalue weighted by Crippen LogP contribution is -2.38. The van der Waals surface area contributed by atoms with Crippen LogP contribution in [0.3, 0.4) is 0 Å². The minimum atomic E-state index is -0.00436. The zero-order valence-corrected chi connectivity index (χ0v) is 11.2. The number of likely N-dealkylation sites (tertiary alicyclic amines) is 1. The summed E-state index contributed by atoms with van der Waals surface area (Å²) in [6, 6.07) is 5.47. The molecule has 0 atom stereocenters. The third kappa shape index (κ3) is 2.86. The van der Waals surface area contributed by atoms with Gasteiger partial charge >= 0.3 is 0 Å². The highest BCUT2D eigenvalue weighted by atomic mass is 16.5. The summed E-state index contributed by atoms with van der Waals surface area (Å²) < 4.78 is 5.23. The number of oxime groups is 1. The van der Waals surface area contributed by atoms with Crippen molar-refractivity contribution in [2.24, 2.45) is 5.16 Å². The quantitative estimate of drug-likeness (QED) is 0.655. The van der Waals surface area contributed by atoms with Gasteiger partial charge in [0.2, 0.25) is 0 Å². The number of aryl methyl sites for hydroxylation is 1. The third-order valence-electron chi connectivity index (χ3n) is 3.42. The molecule has 1 heterocycles. The van der Waals surface area contributed by atoms with Crippen LogP contribution in [0, 0.1) is 6.92 Å². The monoisotopic (exact) mass is 262 g/mol. The Kier molecular flexibility index (Phi) is 4.04. The molecule has 0 aromatic heterocycles. The summed E-state index contributed by atoms with van der Waals surface area (Å²) in [6.07, 6.45) is 1.26. The van der Waals surface area contributed by atoms with Gasteiger partial charge in [-0.2, -0.15) is 0 Å². The van der Waals surface area contributed by atoms with Crippen LogP contribution in [0.15, 0.2) is 23.4 Å². The fraction of sp³-hybridized carbons (Fsp3) is 0.429. The van der Waals surface area contributed by atoms with Gasteiger partial charge in [-0.25, -0.2) is 0 Å². The minimum Gasteiger partial charge on any atom is -0.496 e. The Morgan fingerprint density at radius 2 is 2.05 bits per heavy atom. The Morgan fingerprint density at radius 1 is 1.37 bits per heavy atom. The zero-order chi connectivity index (χ0) is 13.8. The molecule has 1 fully saturated rings. The maximum Gasteiger partial charge on any atom is 0.254 e. The predicted molar refractivity (Wildman–Crippen MR) is 72.1 cm³/mol. The number of nitrogens with zero attached hydrogens (tertiary/aromatic N) is 2. The summed E-state index contributed by atoms with van der Waals surface area (Å²) in [5.74, 6) is 0.718. The number of ether oxygens (including phenoxy) is 1. The second-order valence-electron chi connectivity index (χ2n) is 4.64. The molecule has 0 spiro atoms. The minimum absolute atomic E-state index is 0.00436. The highest BCUT2D eigenvalue weighted by Crippen LogP contribution is 2.21. The number of amides is 1. The molecule has 1 aliphatic heterocycles. The molecule has 5 heteroatoms. The number of carbonyl (C=O) groups is 1. The lowest BCUT2D eigenvalue weighted by molar-refractivity contribution is 0.0753. The highest BCUT2D eigenvalue weighted by Gasteiger charge is 2.21. The van der Waals surface area contributed by atoms with Gasteiger partial charge in [0.1, 0.15) is 5.75 Å². The molecule has 0 radical (unpaired) electrons. The van der Waals surface area contributed by atoms with E-state index in [-0.39, 0.29) is 5.91 Å². The Balaban J connectivity index is 2.12. The van der Waals surface area contributed by atoms with Gasteiger partial charge in [-0.05, 0) is 24.6 Å². The van der Waals surface area contributed by atoms with Crippen molar-refractivity contribution in [2.75, 3.05) is 20.2 Å². The molecule has 1 aromatic carbocycles. The first kappa shape index (κ1) is 13.4. The summed E-state index contributed by atoms with van der Waals surface area (Å²) in [5.41, 5.74) is 2.39. The molecule has 0 unspecified atom stereocenters. The first-order valence-corrected chi connectivity index (χ1v) is 6.29. The first-order valence-electron chi connectivity index (χ1n) is 6.29. The van der Waals surface area contributed by atoms with E-state index in [2.05, 4.69) is 5.16 Å². The van der Waals surface area contributed by atoms with Gasteiger partial charge in [-0.1, -0.05) is 11.2 Å². The van der Waals surface area contributed by atoms with Crippen molar-refractivity contribution >= 4 is 11.6 Å². The number of carbonyl (C=O) groups excluding carboxylic acids is 1. The second kappa shape index (κ2) is 5.73. The summed E-state index contributed by atoms with van der Waals surface area (Å²) in [4.78, 5) is 14.1. The van der Waals surface area contributed by atoms with Crippen LogP contribution < -0.4 is 4.74 Å². The maximum absolute atomic E-state index is 12.3. The molecule has 1 N–H and O–H groups in total. The molecule has 0 saturated carbocycles. The lowest BCUT2D eigenvalue weighted by Gasteiger charge is -2.27. The highest BCUT2D eigenvalue weighted by molar-refractivity contribution is 5.96.